The first-order chi connectivity index (χ1) is 13.1. The van der Waals surface area contributed by atoms with E-state index in [0.29, 0.717) is 5.75 Å². The van der Waals surface area contributed by atoms with E-state index in [2.05, 4.69) is 5.32 Å². The van der Waals surface area contributed by atoms with Crippen LogP contribution < -0.4 is 10.1 Å². The summed E-state index contributed by atoms with van der Waals surface area (Å²) in [6.07, 6.45) is -0.560. The van der Waals surface area contributed by atoms with Gasteiger partial charge in [-0.1, -0.05) is 36.4 Å². The molecule has 8 nitrogen and oxygen atoms in total. The van der Waals surface area contributed by atoms with E-state index in [1.807, 2.05) is 36.4 Å². The first-order valence-electron chi connectivity index (χ1n) is 8.74. The summed E-state index contributed by atoms with van der Waals surface area (Å²) in [6, 6.07) is 11.4. The Morgan fingerprint density at radius 1 is 1.15 bits per heavy atom. The smallest absolute Gasteiger partial charge is 0.410 e. The summed E-state index contributed by atoms with van der Waals surface area (Å²) in [4.78, 5) is 40.0. The van der Waals surface area contributed by atoms with Crippen LogP contribution in [0.3, 0.4) is 0 Å². The Morgan fingerprint density at radius 2 is 1.93 bits per heavy atom. The molecule has 2 aromatic carbocycles. The maximum absolute atomic E-state index is 12.6. The minimum Gasteiger partial charge on any atom is -0.410 e. The average Bonchev–Trinajstić information content (AvgIpc) is 2.70. The van der Waals surface area contributed by atoms with E-state index in [1.165, 1.54) is 9.80 Å². The number of hydrogen-bond acceptors (Lipinski definition) is 5. The van der Waals surface area contributed by atoms with Gasteiger partial charge < -0.3 is 25.0 Å². The molecule has 2 fully saturated rings. The number of rotatable bonds is 2. The summed E-state index contributed by atoms with van der Waals surface area (Å²) < 4.78 is 5.56. The van der Waals surface area contributed by atoms with Gasteiger partial charge in [0.2, 0.25) is 11.8 Å². The molecule has 140 valence electrons. The topological polar surface area (TPSA) is 99.2 Å². The number of nitrogens with one attached hydrogen (secondary N) is 1. The molecule has 2 aliphatic rings. The normalized spacial score (nSPS) is 22.4. The van der Waals surface area contributed by atoms with Gasteiger partial charge >= 0.3 is 6.09 Å². The summed E-state index contributed by atoms with van der Waals surface area (Å²) in [6.45, 7) is 0.0925. The molecule has 2 aliphatic heterocycles. The standard InChI is InChI=1S/C19H19N3O5/c23-11-14-18(25)22-9-8-21(10-15(22)17(24)20-14)19(26)27-16-7-3-5-12-4-1-2-6-13(12)16/h1-7,14-15,23H,8-11H2,(H,20,24)/t14-,15-/m1/s1. The molecular formula is C19H19N3O5. The summed E-state index contributed by atoms with van der Waals surface area (Å²) in [5, 5.41) is 13.5. The van der Waals surface area contributed by atoms with E-state index >= 15 is 0 Å². The largest absolute Gasteiger partial charge is 0.415 e. The molecule has 0 aliphatic carbocycles. The minimum absolute atomic E-state index is 0.0549. The summed E-state index contributed by atoms with van der Waals surface area (Å²) >= 11 is 0. The van der Waals surface area contributed by atoms with Crippen LogP contribution in [0.2, 0.25) is 0 Å². The highest BCUT2D eigenvalue weighted by Gasteiger charge is 2.44. The summed E-state index contributed by atoms with van der Waals surface area (Å²) in [5.74, 6) is -0.259. The Bertz CT molecular complexity index is 910. The Labute approximate surface area is 155 Å². The van der Waals surface area contributed by atoms with Crippen LogP contribution in [0.5, 0.6) is 5.75 Å². The SMILES string of the molecule is O=C1N[C@H](CO)C(=O)N2CCN(C(=O)Oc3cccc4ccccc34)C[C@H]12. The van der Waals surface area contributed by atoms with Crippen LogP contribution in [0.15, 0.2) is 42.5 Å². The van der Waals surface area contributed by atoms with Crippen molar-refractivity contribution in [3.63, 3.8) is 0 Å². The van der Waals surface area contributed by atoms with Crippen LogP contribution in [-0.2, 0) is 9.59 Å². The van der Waals surface area contributed by atoms with E-state index in [0.717, 1.165) is 10.8 Å². The van der Waals surface area contributed by atoms with Crippen molar-refractivity contribution in [2.45, 2.75) is 12.1 Å². The number of aliphatic hydroxyl groups is 1. The molecule has 8 heteroatoms. The van der Waals surface area contributed by atoms with Gasteiger partial charge in [0, 0.05) is 18.5 Å². The van der Waals surface area contributed by atoms with Gasteiger partial charge in [0.05, 0.1) is 13.2 Å². The van der Waals surface area contributed by atoms with Crippen LogP contribution in [0.4, 0.5) is 4.79 Å². The van der Waals surface area contributed by atoms with Gasteiger partial charge in [-0.05, 0) is 11.5 Å². The number of carbonyl (C=O) groups excluding carboxylic acids is 3. The fourth-order valence-corrected chi connectivity index (χ4v) is 3.53. The van der Waals surface area contributed by atoms with Crippen molar-refractivity contribution in [1.29, 1.82) is 0 Å². The number of fused-ring (bicyclic) bond motifs is 2. The van der Waals surface area contributed by atoms with Crippen molar-refractivity contribution in [2.24, 2.45) is 0 Å². The number of hydrogen-bond donors (Lipinski definition) is 2. The predicted molar refractivity (Wildman–Crippen MR) is 96.1 cm³/mol. The maximum Gasteiger partial charge on any atom is 0.415 e. The lowest BCUT2D eigenvalue weighted by Gasteiger charge is -2.44. The van der Waals surface area contributed by atoms with Gasteiger partial charge in [-0.3, -0.25) is 9.59 Å². The first kappa shape index (κ1) is 17.3. The van der Waals surface area contributed by atoms with Crippen LogP contribution in [0.1, 0.15) is 0 Å². The van der Waals surface area contributed by atoms with Gasteiger partial charge in [0.15, 0.2) is 0 Å². The molecule has 2 atom stereocenters. The van der Waals surface area contributed by atoms with E-state index in [1.54, 1.807) is 6.07 Å². The lowest BCUT2D eigenvalue weighted by atomic mass is 10.0. The van der Waals surface area contributed by atoms with Gasteiger partial charge in [0.1, 0.15) is 17.8 Å². The van der Waals surface area contributed by atoms with E-state index in [-0.39, 0.29) is 31.4 Å². The molecule has 2 aromatic rings. The quantitative estimate of drug-likeness (QED) is 0.796. The molecule has 0 saturated carbocycles. The van der Waals surface area contributed by atoms with E-state index < -0.39 is 24.8 Å². The molecule has 2 heterocycles. The van der Waals surface area contributed by atoms with Gasteiger partial charge in [-0.25, -0.2) is 4.79 Å². The van der Waals surface area contributed by atoms with Crippen LogP contribution in [0.25, 0.3) is 10.8 Å². The fourth-order valence-electron chi connectivity index (χ4n) is 3.53. The highest BCUT2D eigenvalue weighted by Crippen LogP contribution is 2.26. The summed E-state index contributed by atoms with van der Waals surface area (Å²) in [5.41, 5.74) is 0. The summed E-state index contributed by atoms with van der Waals surface area (Å²) in [7, 11) is 0. The Morgan fingerprint density at radius 3 is 2.74 bits per heavy atom. The third kappa shape index (κ3) is 3.08. The molecule has 3 amide bonds. The average molecular weight is 369 g/mol. The number of carbonyl (C=O) groups is 3. The van der Waals surface area contributed by atoms with Crippen molar-refractivity contribution in [2.75, 3.05) is 26.2 Å². The number of aliphatic hydroxyl groups excluding tert-OH is 1. The minimum atomic E-state index is -0.914. The Balaban J connectivity index is 1.49. The molecule has 0 spiro atoms. The van der Waals surface area contributed by atoms with E-state index in [9.17, 15) is 19.5 Å². The molecule has 0 bridgehead atoms. The number of benzene rings is 2. The molecule has 4 rings (SSSR count). The third-order valence-corrected chi connectivity index (χ3v) is 4.97. The lowest BCUT2D eigenvalue weighted by Crippen LogP contribution is -2.70. The Kier molecular flexibility index (Phi) is 4.41. The van der Waals surface area contributed by atoms with Crippen molar-refractivity contribution in [3.8, 4) is 5.75 Å². The lowest BCUT2D eigenvalue weighted by molar-refractivity contribution is -0.153. The molecule has 0 unspecified atom stereocenters. The molecule has 0 radical (unpaired) electrons. The van der Waals surface area contributed by atoms with Crippen molar-refractivity contribution in [1.82, 2.24) is 15.1 Å². The first-order valence-corrected chi connectivity index (χ1v) is 8.74. The molecule has 2 N–H and O–H groups in total. The molecule has 0 aromatic heterocycles. The Hall–Kier alpha value is -3.13. The zero-order valence-corrected chi connectivity index (χ0v) is 14.5. The van der Waals surface area contributed by atoms with Gasteiger partial charge in [-0.2, -0.15) is 0 Å². The number of piperazine rings is 2. The zero-order valence-electron chi connectivity index (χ0n) is 14.5. The van der Waals surface area contributed by atoms with Crippen LogP contribution in [0, 0.1) is 0 Å². The molecule has 2 saturated heterocycles. The number of amides is 3. The highest BCUT2D eigenvalue weighted by molar-refractivity contribution is 5.98. The van der Waals surface area contributed by atoms with Crippen LogP contribution in [-0.4, -0.2) is 71.1 Å². The van der Waals surface area contributed by atoms with Gasteiger partial charge in [-0.15, -0.1) is 0 Å². The predicted octanol–water partition coefficient (Wildman–Crippen LogP) is 0.342. The van der Waals surface area contributed by atoms with Crippen molar-refractivity contribution in [3.05, 3.63) is 42.5 Å². The van der Waals surface area contributed by atoms with E-state index in [4.69, 9.17) is 4.74 Å². The molecular weight excluding hydrogens is 350 g/mol. The second-order valence-corrected chi connectivity index (χ2v) is 6.58. The molecule has 27 heavy (non-hydrogen) atoms. The third-order valence-electron chi connectivity index (χ3n) is 4.97. The second kappa shape index (κ2) is 6.88. The van der Waals surface area contributed by atoms with Crippen molar-refractivity contribution >= 4 is 28.7 Å². The van der Waals surface area contributed by atoms with Crippen molar-refractivity contribution < 1.29 is 24.2 Å². The number of ether oxygens (including phenoxy) is 1. The maximum atomic E-state index is 12.6. The van der Waals surface area contributed by atoms with Gasteiger partial charge in [0.25, 0.3) is 0 Å². The van der Waals surface area contributed by atoms with Crippen LogP contribution >= 0.6 is 0 Å². The highest BCUT2D eigenvalue weighted by atomic mass is 16.6. The second-order valence-electron chi connectivity index (χ2n) is 6.58. The zero-order chi connectivity index (χ0) is 19.0. The fraction of sp³-hybridized carbons (Fsp3) is 0.316. The monoisotopic (exact) mass is 369 g/mol. The number of nitrogens with zero attached hydrogens (tertiary/aromatic N) is 2.